The van der Waals surface area contributed by atoms with E-state index in [1.54, 1.807) is 6.08 Å². The van der Waals surface area contributed by atoms with E-state index in [2.05, 4.69) is 31.0 Å². The Morgan fingerprint density at radius 2 is 1.87 bits per heavy atom. The van der Waals surface area contributed by atoms with Crippen molar-refractivity contribution in [3.05, 3.63) is 70.0 Å². The molecule has 0 aliphatic carbocycles. The van der Waals surface area contributed by atoms with Crippen LogP contribution in [0.25, 0.3) is 16.3 Å². The van der Waals surface area contributed by atoms with Crippen LogP contribution in [0.4, 0.5) is 0 Å². The summed E-state index contributed by atoms with van der Waals surface area (Å²) < 4.78 is 3.14. The lowest BCUT2D eigenvalue weighted by Gasteiger charge is -2.03. The summed E-state index contributed by atoms with van der Waals surface area (Å²) >= 11 is 1.54. The summed E-state index contributed by atoms with van der Waals surface area (Å²) in [5.41, 5.74) is 4.61. The van der Waals surface area contributed by atoms with Crippen molar-refractivity contribution in [3.63, 3.8) is 0 Å². The molecule has 4 heteroatoms. The molecule has 0 N–H and O–H groups in total. The first kappa shape index (κ1) is 15.4. The van der Waals surface area contributed by atoms with Crippen molar-refractivity contribution in [2.75, 3.05) is 0 Å². The average molecular weight is 322 g/mol. The molecule has 3 nitrogen and oxygen atoms in total. The summed E-state index contributed by atoms with van der Waals surface area (Å²) in [4.78, 5) is 17.1. The quantitative estimate of drug-likeness (QED) is 0.657. The zero-order chi connectivity index (χ0) is 16.4. The summed E-state index contributed by atoms with van der Waals surface area (Å²) in [6, 6.07) is 13.9. The first-order chi connectivity index (χ1) is 11.1. The smallest absolute Gasteiger partial charge is 0.272 e. The fraction of sp³-hybridized carbons (Fsp3) is 0.158. The van der Waals surface area contributed by atoms with Crippen LogP contribution in [-0.4, -0.2) is 10.5 Å². The van der Waals surface area contributed by atoms with E-state index in [4.69, 9.17) is 0 Å². The van der Waals surface area contributed by atoms with Crippen molar-refractivity contribution in [1.82, 2.24) is 4.57 Å². The number of carbonyl (C=O) groups is 1. The van der Waals surface area contributed by atoms with Gasteiger partial charge in [0, 0.05) is 13.1 Å². The van der Waals surface area contributed by atoms with E-state index in [1.807, 2.05) is 41.9 Å². The molecule has 1 aromatic heterocycles. The molecule has 3 rings (SSSR count). The topological polar surface area (TPSA) is 34.4 Å². The van der Waals surface area contributed by atoms with Gasteiger partial charge in [-0.25, -0.2) is 0 Å². The Labute approximate surface area is 139 Å². The Morgan fingerprint density at radius 1 is 1.13 bits per heavy atom. The van der Waals surface area contributed by atoms with Crippen LogP contribution >= 0.6 is 11.3 Å². The normalized spacial score (nSPS) is 12.4. The largest absolute Gasteiger partial charge is 0.319 e. The number of carbonyl (C=O) groups excluding carboxylic acids is 1. The third-order valence-electron chi connectivity index (χ3n) is 3.91. The summed E-state index contributed by atoms with van der Waals surface area (Å²) in [7, 11) is 1.96. The molecule has 2 aromatic carbocycles. The average Bonchev–Trinajstić information content (AvgIpc) is 2.87. The Kier molecular flexibility index (Phi) is 4.26. The van der Waals surface area contributed by atoms with E-state index in [0.29, 0.717) is 0 Å². The number of fused-ring (bicyclic) bond motifs is 1. The lowest BCUT2D eigenvalue weighted by molar-refractivity contribution is -0.113. The molecule has 0 fully saturated rings. The molecule has 0 saturated heterocycles. The Balaban J connectivity index is 1.98. The van der Waals surface area contributed by atoms with Gasteiger partial charge in [-0.15, -0.1) is 0 Å². The van der Waals surface area contributed by atoms with Gasteiger partial charge in [0.1, 0.15) is 0 Å². The standard InChI is InChI=1S/C19H18N2OS/c1-13-9-11-16-18(14(13)2)21(3)19(23-16)20-17(22)12-10-15-7-5-4-6-8-15/h4-12H,1-3H3. The maximum absolute atomic E-state index is 12.1. The minimum absolute atomic E-state index is 0.245. The lowest BCUT2D eigenvalue weighted by Crippen LogP contribution is -2.12. The Hall–Kier alpha value is -2.46. The molecule has 1 amide bonds. The highest BCUT2D eigenvalue weighted by Crippen LogP contribution is 2.22. The highest BCUT2D eigenvalue weighted by atomic mass is 32.1. The predicted octanol–water partition coefficient (Wildman–Crippen LogP) is 4.00. The van der Waals surface area contributed by atoms with E-state index in [9.17, 15) is 4.79 Å². The first-order valence-corrected chi connectivity index (χ1v) is 8.25. The van der Waals surface area contributed by atoms with Crippen molar-refractivity contribution in [2.45, 2.75) is 13.8 Å². The van der Waals surface area contributed by atoms with Gasteiger partial charge in [-0.3, -0.25) is 4.79 Å². The highest BCUT2D eigenvalue weighted by Gasteiger charge is 2.08. The SMILES string of the molecule is Cc1ccc2sc(=NC(=O)C=Cc3ccccc3)n(C)c2c1C. The van der Waals surface area contributed by atoms with Crippen molar-refractivity contribution in [1.29, 1.82) is 0 Å². The molecular formula is C19H18N2OS. The van der Waals surface area contributed by atoms with E-state index < -0.39 is 0 Å². The summed E-state index contributed by atoms with van der Waals surface area (Å²) in [6.07, 6.45) is 3.30. The molecule has 3 aromatic rings. The summed E-state index contributed by atoms with van der Waals surface area (Å²) in [5, 5.41) is 0. The van der Waals surface area contributed by atoms with Gasteiger partial charge in [-0.05, 0) is 42.7 Å². The second kappa shape index (κ2) is 6.34. The highest BCUT2D eigenvalue weighted by molar-refractivity contribution is 7.16. The van der Waals surface area contributed by atoms with E-state index in [1.165, 1.54) is 28.5 Å². The molecule has 0 atom stereocenters. The molecule has 0 unspecified atom stereocenters. The monoisotopic (exact) mass is 322 g/mol. The Bertz CT molecular complexity index is 962. The maximum Gasteiger partial charge on any atom is 0.272 e. The second-order valence-electron chi connectivity index (χ2n) is 5.49. The lowest BCUT2D eigenvalue weighted by atomic mass is 10.1. The van der Waals surface area contributed by atoms with Gasteiger partial charge >= 0.3 is 0 Å². The van der Waals surface area contributed by atoms with Crippen LogP contribution in [0.1, 0.15) is 16.7 Å². The third kappa shape index (κ3) is 3.17. The van der Waals surface area contributed by atoms with Gasteiger partial charge in [0.25, 0.3) is 5.91 Å². The second-order valence-corrected chi connectivity index (χ2v) is 6.50. The minimum atomic E-state index is -0.245. The maximum atomic E-state index is 12.1. The van der Waals surface area contributed by atoms with Crippen molar-refractivity contribution >= 4 is 33.5 Å². The number of aryl methyl sites for hydroxylation is 3. The summed E-state index contributed by atoms with van der Waals surface area (Å²) in [5.74, 6) is -0.245. The third-order valence-corrected chi connectivity index (χ3v) is 5.01. The fourth-order valence-electron chi connectivity index (χ4n) is 2.50. The molecule has 0 radical (unpaired) electrons. The van der Waals surface area contributed by atoms with Gasteiger partial charge in [0.05, 0.1) is 10.2 Å². The number of hydrogen-bond acceptors (Lipinski definition) is 2. The van der Waals surface area contributed by atoms with Crippen LogP contribution in [0, 0.1) is 13.8 Å². The van der Waals surface area contributed by atoms with E-state index in [-0.39, 0.29) is 5.91 Å². The molecule has 0 bridgehead atoms. The van der Waals surface area contributed by atoms with Crippen LogP contribution in [-0.2, 0) is 11.8 Å². The molecule has 116 valence electrons. The molecule has 1 heterocycles. The van der Waals surface area contributed by atoms with Gasteiger partial charge in [-0.1, -0.05) is 47.7 Å². The van der Waals surface area contributed by atoms with Crippen molar-refractivity contribution in [3.8, 4) is 0 Å². The number of benzene rings is 2. The van der Waals surface area contributed by atoms with Gasteiger partial charge in [0.2, 0.25) is 0 Å². The number of rotatable bonds is 2. The number of hydrogen-bond donors (Lipinski definition) is 0. The fourth-order valence-corrected chi connectivity index (χ4v) is 3.58. The molecular weight excluding hydrogens is 304 g/mol. The van der Waals surface area contributed by atoms with Crippen LogP contribution in [0.2, 0.25) is 0 Å². The molecule has 23 heavy (non-hydrogen) atoms. The molecule has 0 saturated carbocycles. The molecule has 0 aliphatic rings. The van der Waals surface area contributed by atoms with Crippen molar-refractivity contribution < 1.29 is 4.79 Å². The number of aromatic nitrogens is 1. The molecule has 0 spiro atoms. The number of nitrogens with zero attached hydrogens (tertiary/aromatic N) is 2. The summed E-state index contributed by atoms with van der Waals surface area (Å²) in [6.45, 7) is 4.20. The van der Waals surface area contributed by atoms with Crippen LogP contribution in [0.5, 0.6) is 0 Å². The van der Waals surface area contributed by atoms with Gasteiger partial charge < -0.3 is 4.57 Å². The Morgan fingerprint density at radius 3 is 2.61 bits per heavy atom. The van der Waals surface area contributed by atoms with Gasteiger partial charge in [0.15, 0.2) is 4.80 Å². The van der Waals surface area contributed by atoms with Gasteiger partial charge in [-0.2, -0.15) is 4.99 Å². The number of thiazole rings is 1. The predicted molar refractivity (Wildman–Crippen MR) is 96.3 cm³/mol. The van der Waals surface area contributed by atoms with Crippen LogP contribution < -0.4 is 4.80 Å². The van der Waals surface area contributed by atoms with Crippen LogP contribution in [0.3, 0.4) is 0 Å². The zero-order valence-electron chi connectivity index (χ0n) is 13.4. The number of amides is 1. The van der Waals surface area contributed by atoms with E-state index in [0.717, 1.165) is 20.6 Å². The zero-order valence-corrected chi connectivity index (χ0v) is 14.2. The van der Waals surface area contributed by atoms with E-state index >= 15 is 0 Å². The molecule has 0 aliphatic heterocycles. The minimum Gasteiger partial charge on any atom is -0.319 e. The first-order valence-electron chi connectivity index (χ1n) is 7.44. The van der Waals surface area contributed by atoms with Crippen LogP contribution in [0.15, 0.2) is 53.5 Å². The van der Waals surface area contributed by atoms with Crippen molar-refractivity contribution in [2.24, 2.45) is 12.0 Å².